The molecule has 2 fully saturated rings. The van der Waals surface area contributed by atoms with Crippen LogP contribution in [0.3, 0.4) is 0 Å². The molecule has 0 unspecified atom stereocenters. The number of likely N-dealkylation sites (tertiary alicyclic amines) is 1. The standard InChI is InChI=1S/C16H26N4O/c1-11-15(12(2)19(3)18-11)16(21)20-8-6-14(7-9-20)17-10-13-4-5-13/h13-14,17H,4-10H2,1-3H3. The molecule has 116 valence electrons. The first-order valence-electron chi connectivity index (χ1n) is 8.09. The van der Waals surface area contributed by atoms with Crippen molar-refractivity contribution < 1.29 is 4.79 Å². The van der Waals surface area contributed by atoms with Crippen molar-refractivity contribution in [2.75, 3.05) is 19.6 Å². The zero-order chi connectivity index (χ0) is 15.0. The molecular formula is C16H26N4O. The van der Waals surface area contributed by atoms with Gasteiger partial charge in [-0.05, 0) is 52.0 Å². The van der Waals surface area contributed by atoms with Gasteiger partial charge in [0, 0.05) is 31.9 Å². The lowest BCUT2D eigenvalue weighted by Crippen LogP contribution is -2.45. The minimum Gasteiger partial charge on any atom is -0.338 e. The first kappa shape index (κ1) is 14.6. The molecule has 0 bridgehead atoms. The summed E-state index contributed by atoms with van der Waals surface area (Å²) in [6, 6.07) is 0.589. The zero-order valence-corrected chi connectivity index (χ0v) is 13.4. The van der Waals surface area contributed by atoms with Crippen LogP contribution in [0.15, 0.2) is 0 Å². The maximum atomic E-state index is 12.7. The molecule has 1 saturated carbocycles. The molecule has 1 aromatic heterocycles. The lowest BCUT2D eigenvalue weighted by molar-refractivity contribution is 0.0703. The molecular weight excluding hydrogens is 264 g/mol. The van der Waals surface area contributed by atoms with Crippen LogP contribution in [0, 0.1) is 19.8 Å². The number of aryl methyl sites for hydroxylation is 2. The summed E-state index contributed by atoms with van der Waals surface area (Å²) < 4.78 is 1.80. The molecule has 5 heteroatoms. The van der Waals surface area contributed by atoms with Crippen molar-refractivity contribution >= 4 is 5.91 Å². The van der Waals surface area contributed by atoms with Crippen LogP contribution in [-0.2, 0) is 7.05 Å². The van der Waals surface area contributed by atoms with Gasteiger partial charge < -0.3 is 10.2 Å². The smallest absolute Gasteiger partial charge is 0.257 e. The number of aromatic nitrogens is 2. The predicted molar refractivity (Wildman–Crippen MR) is 82.3 cm³/mol. The number of hydrogen-bond acceptors (Lipinski definition) is 3. The van der Waals surface area contributed by atoms with E-state index >= 15 is 0 Å². The van der Waals surface area contributed by atoms with Gasteiger partial charge >= 0.3 is 0 Å². The molecule has 3 rings (SSSR count). The largest absolute Gasteiger partial charge is 0.338 e. The van der Waals surface area contributed by atoms with Gasteiger partial charge in [0.1, 0.15) is 0 Å². The molecule has 2 aliphatic rings. The van der Waals surface area contributed by atoms with Crippen molar-refractivity contribution in [3.05, 3.63) is 17.0 Å². The maximum absolute atomic E-state index is 12.7. The number of amides is 1. The van der Waals surface area contributed by atoms with Gasteiger partial charge in [0.05, 0.1) is 11.3 Å². The number of carbonyl (C=O) groups excluding carboxylic acids is 1. The molecule has 1 aliphatic carbocycles. The number of hydrogen-bond donors (Lipinski definition) is 1. The molecule has 0 radical (unpaired) electrons. The summed E-state index contributed by atoms with van der Waals surface area (Å²) in [5.74, 6) is 1.07. The molecule has 5 nitrogen and oxygen atoms in total. The minimum absolute atomic E-state index is 0.152. The molecule has 0 spiro atoms. The van der Waals surface area contributed by atoms with E-state index in [1.807, 2.05) is 25.8 Å². The van der Waals surface area contributed by atoms with Gasteiger partial charge in [-0.1, -0.05) is 0 Å². The summed E-state index contributed by atoms with van der Waals surface area (Å²) in [5.41, 5.74) is 2.60. The van der Waals surface area contributed by atoms with Crippen molar-refractivity contribution in [2.45, 2.75) is 45.6 Å². The van der Waals surface area contributed by atoms with Crippen molar-refractivity contribution in [1.29, 1.82) is 0 Å². The van der Waals surface area contributed by atoms with E-state index in [1.165, 1.54) is 19.4 Å². The molecule has 1 aromatic rings. The van der Waals surface area contributed by atoms with Gasteiger partial charge in [0.15, 0.2) is 0 Å². The average molecular weight is 290 g/mol. The first-order valence-corrected chi connectivity index (χ1v) is 8.09. The van der Waals surface area contributed by atoms with Crippen molar-refractivity contribution in [2.24, 2.45) is 13.0 Å². The Kier molecular flexibility index (Phi) is 4.02. The molecule has 1 N–H and O–H groups in total. The second kappa shape index (κ2) is 5.79. The highest BCUT2D eigenvalue weighted by atomic mass is 16.2. The fraction of sp³-hybridized carbons (Fsp3) is 0.750. The van der Waals surface area contributed by atoms with Crippen LogP contribution >= 0.6 is 0 Å². The number of nitrogens with zero attached hydrogens (tertiary/aromatic N) is 3. The van der Waals surface area contributed by atoms with Crippen molar-refractivity contribution in [1.82, 2.24) is 20.0 Å². The van der Waals surface area contributed by atoms with E-state index in [0.29, 0.717) is 6.04 Å². The third kappa shape index (κ3) is 3.12. The highest BCUT2D eigenvalue weighted by molar-refractivity contribution is 5.96. The topological polar surface area (TPSA) is 50.2 Å². The summed E-state index contributed by atoms with van der Waals surface area (Å²) in [6.45, 7) is 6.77. The SMILES string of the molecule is Cc1nn(C)c(C)c1C(=O)N1CCC(NCC2CC2)CC1. The van der Waals surface area contributed by atoms with Crippen LogP contribution in [0.1, 0.15) is 47.4 Å². The van der Waals surface area contributed by atoms with Crippen LogP contribution in [0.25, 0.3) is 0 Å². The Morgan fingerprint density at radius 2 is 1.90 bits per heavy atom. The van der Waals surface area contributed by atoms with Crippen molar-refractivity contribution in [3.63, 3.8) is 0 Å². The Morgan fingerprint density at radius 1 is 1.24 bits per heavy atom. The predicted octanol–water partition coefficient (Wildman–Crippen LogP) is 1.64. The van der Waals surface area contributed by atoms with E-state index < -0.39 is 0 Å². The van der Waals surface area contributed by atoms with Crippen LogP contribution in [0.4, 0.5) is 0 Å². The quantitative estimate of drug-likeness (QED) is 0.917. The van der Waals surface area contributed by atoms with Crippen LogP contribution in [0.5, 0.6) is 0 Å². The van der Waals surface area contributed by atoms with E-state index in [2.05, 4.69) is 10.4 Å². The van der Waals surface area contributed by atoms with Gasteiger partial charge in [-0.3, -0.25) is 9.48 Å². The fourth-order valence-corrected chi connectivity index (χ4v) is 3.18. The van der Waals surface area contributed by atoms with Gasteiger partial charge in [-0.2, -0.15) is 5.10 Å². The molecule has 0 aromatic carbocycles. The Hall–Kier alpha value is -1.36. The highest BCUT2D eigenvalue weighted by Gasteiger charge is 2.28. The Labute approximate surface area is 126 Å². The van der Waals surface area contributed by atoms with E-state index in [1.54, 1.807) is 4.68 Å². The van der Waals surface area contributed by atoms with Crippen LogP contribution < -0.4 is 5.32 Å². The monoisotopic (exact) mass is 290 g/mol. The van der Waals surface area contributed by atoms with Gasteiger partial charge in [0.25, 0.3) is 5.91 Å². The second-order valence-corrected chi connectivity index (χ2v) is 6.59. The molecule has 1 saturated heterocycles. The van der Waals surface area contributed by atoms with Crippen LogP contribution in [0.2, 0.25) is 0 Å². The van der Waals surface area contributed by atoms with Gasteiger partial charge in [-0.15, -0.1) is 0 Å². The minimum atomic E-state index is 0.152. The maximum Gasteiger partial charge on any atom is 0.257 e. The summed E-state index contributed by atoms with van der Waals surface area (Å²) >= 11 is 0. The third-order valence-electron chi connectivity index (χ3n) is 4.90. The Bertz CT molecular complexity index is 525. The number of nitrogens with one attached hydrogen (secondary N) is 1. The fourth-order valence-electron chi connectivity index (χ4n) is 3.18. The summed E-state index contributed by atoms with van der Waals surface area (Å²) in [5, 5.41) is 8.01. The molecule has 1 aliphatic heterocycles. The normalized spacial score (nSPS) is 20.0. The number of piperidine rings is 1. The molecule has 0 atom stereocenters. The number of rotatable bonds is 4. The summed E-state index contributed by atoms with van der Waals surface area (Å²) in [4.78, 5) is 14.7. The first-order chi connectivity index (χ1) is 10.1. The lowest BCUT2D eigenvalue weighted by Gasteiger charge is -2.32. The van der Waals surface area contributed by atoms with E-state index in [-0.39, 0.29) is 5.91 Å². The second-order valence-electron chi connectivity index (χ2n) is 6.59. The molecule has 1 amide bonds. The summed E-state index contributed by atoms with van der Waals surface area (Å²) in [6.07, 6.45) is 4.92. The third-order valence-corrected chi connectivity index (χ3v) is 4.90. The van der Waals surface area contributed by atoms with Crippen molar-refractivity contribution in [3.8, 4) is 0 Å². The zero-order valence-electron chi connectivity index (χ0n) is 13.4. The molecule has 2 heterocycles. The van der Waals surface area contributed by atoms with E-state index in [4.69, 9.17) is 0 Å². The van der Waals surface area contributed by atoms with E-state index in [9.17, 15) is 4.79 Å². The van der Waals surface area contributed by atoms with Gasteiger partial charge in [-0.25, -0.2) is 0 Å². The molecule has 21 heavy (non-hydrogen) atoms. The number of carbonyl (C=O) groups is 1. The highest BCUT2D eigenvalue weighted by Crippen LogP contribution is 2.28. The summed E-state index contributed by atoms with van der Waals surface area (Å²) in [7, 11) is 1.90. The van der Waals surface area contributed by atoms with Crippen LogP contribution in [-0.4, -0.2) is 46.3 Å². The average Bonchev–Trinajstić information content (AvgIpc) is 3.25. The Morgan fingerprint density at radius 3 is 2.43 bits per heavy atom. The Balaban J connectivity index is 1.56. The lowest BCUT2D eigenvalue weighted by atomic mass is 10.0. The van der Waals surface area contributed by atoms with E-state index in [0.717, 1.165) is 48.8 Å². The van der Waals surface area contributed by atoms with Gasteiger partial charge in [0.2, 0.25) is 0 Å².